The van der Waals surface area contributed by atoms with Gasteiger partial charge in [-0.25, -0.2) is 4.79 Å². The molecular formula is C16H30O3. The summed E-state index contributed by atoms with van der Waals surface area (Å²) in [4.78, 5) is 11.3. The first kappa shape index (κ1) is 16.5. The molecule has 1 fully saturated rings. The van der Waals surface area contributed by atoms with Crippen molar-refractivity contribution in [2.24, 2.45) is 11.8 Å². The lowest BCUT2D eigenvalue weighted by molar-refractivity contribution is -0.142. The molecule has 0 N–H and O–H groups in total. The van der Waals surface area contributed by atoms with Crippen LogP contribution >= 0.6 is 0 Å². The molecule has 1 aliphatic heterocycles. The number of esters is 1. The van der Waals surface area contributed by atoms with Gasteiger partial charge in [-0.3, -0.25) is 0 Å². The standard InChI is InChI=1S/C16H30O3/c1-12(2)8-6-9-13(3)10-7-11-16(4)14(19-16)15(17)18-5/h12-14H,6-11H2,1-5H3. The van der Waals surface area contributed by atoms with E-state index in [2.05, 4.69) is 20.8 Å². The van der Waals surface area contributed by atoms with Crippen molar-refractivity contribution in [2.75, 3.05) is 7.11 Å². The Labute approximate surface area is 118 Å². The summed E-state index contributed by atoms with van der Waals surface area (Å²) in [6.07, 6.45) is 6.97. The molecule has 1 rings (SSSR count). The van der Waals surface area contributed by atoms with Gasteiger partial charge in [0.05, 0.1) is 7.11 Å². The summed E-state index contributed by atoms with van der Waals surface area (Å²) >= 11 is 0. The highest BCUT2D eigenvalue weighted by Crippen LogP contribution is 2.41. The number of hydrogen-bond acceptors (Lipinski definition) is 3. The Morgan fingerprint density at radius 2 is 1.84 bits per heavy atom. The van der Waals surface area contributed by atoms with E-state index in [-0.39, 0.29) is 17.7 Å². The number of methoxy groups -OCH3 is 1. The Morgan fingerprint density at radius 3 is 2.42 bits per heavy atom. The number of carbonyl (C=O) groups excluding carboxylic acids is 1. The molecule has 3 atom stereocenters. The van der Waals surface area contributed by atoms with Gasteiger partial charge < -0.3 is 9.47 Å². The second kappa shape index (κ2) is 7.28. The van der Waals surface area contributed by atoms with Crippen LogP contribution in [0.5, 0.6) is 0 Å². The maximum atomic E-state index is 11.3. The highest BCUT2D eigenvalue weighted by molar-refractivity contribution is 5.79. The van der Waals surface area contributed by atoms with Crippen LogP contribution in [0.15, 0.2) is 0 Å². The molecule has 0 amide bonds. The van der Waals surface area contributed by atoms with Crippen molar-refractivity contribution in [1.82, 2.24) is 0 Å². The lowest BCUT2D eigenvalue weighted by Gasteiger charge is -2.13. The minimum Gasteiger partial charge on any atom is -0.467 e. The van der Waals surface area contributed by atoms with E-state index < -0.39 is 0 Å². The summed E-state index contributed by atoms with van der Waals surface area (Å²) in [7, 11) is 1.42. The molecule has 0 saturated carbocycles. The molecule has 0 aromatic carbocycles. The van der Waals surface area contributed by atoms with Crippen molar-refractivity contribution < 1.29 is 14.3 Å². The topological polar surface area (TPSA) is 38.8 Å². The summed E-state index contributed by atoms with van der Waals surface area (Å²) in [5.74, 6) is 1.36. The zero-order valence-corrected chi connectivity index (χ0v) is 13.2. The monoisotopic (exact) mass is 270 g/mol. The van der Waals surface area contributed by atoms with Gasteiger partial charge in [0.2, 0.25) is 0 Å². The summed E-state index contributed by atoms with van der Waals surface area (Å²) in [6.45, 7) is 8.90. The fourth-order valence-corrected chi connectivity index (χ4v) is 2.65. The first-order valence-electron chi connectivity index (χ1n) is 7.64. The van der Waals surface area contributed by atoms with Gasteiger partial charge in [0.1, 0.15) is 5.60 Å². The molecule has 112 valence electrons. The van der Waals surface area contributed by atoms with E-state index >= 15 is 0 Å². The third-order valence-electron chi connectivity index (χ3n) is 4.15. The zero-order chi connectivity index (χ0) is 14.5. The number of hydrogen-bond donors (Lipinski definition) is 0. The number of ether oxygens (including phenoxy) is 2. The summed E-state index contributed by atoms with van der Waals surface area (Å²) < 4.78 is 10.2. The number of rotatable bonds is 9. The van der Waals surface area contributed by atoms with Crippen molar-refractivity contribution in [3.05, 3.63) is 0 Å². The van der Waals surface area contributed by atoms with E-state index in [1.54, 1.807) is 0 Å². The first-order chi connectivity index (χ1) is 8.89. The van der Waals surface area contributed by atoms with Crippen LogP contribution < -0.4 is 0 Å². The van der Waals surface area contributed by atoms with Gasteiger partial charge in [0.15, 0.2) is 6.10 Å². The molecule has 1 saturated heterocycles. The van der Waals surface area contributed by atoms with E-state index in [1.165, 1.54) is 32.8 Å². The molecule has 0 bridgehead atoms. The second-order valence-corrected chi connectivity index (χ2v) is 6.66. The van der Waals surface area contributed by atoms with Crippen LogP contribution in [0.4, 0.5) is 0 Å². The maximum Gasteiger partial charge on any atom is 0.338 e. The molecule has 1 aliphatic rings. The third kappa shape index (κ3) is 5.52. The van der Waals surface area contributed by atoms with Gasteiger partial charge in [-0.2, -0.15) is 0 Å². The Kier molecular flexibility index (Phi) is 6.31. The molecule has 3 heteroatoms. The van der Waals surface area contributed by atoms with Gasteiger partial charge in [0.25, 0.3) is 0 Å². The molecule has 0 aromatic rings. The predicted octanol–water partition coefficient (Wildman–Crippen LogP) is 3.95. The van der Waals surface area contributed by atoms with Gasteiger partial charge in [0, 0.05) is 0 Å². The second-order valence-electron chi connectivity index (χ2n) is 6.66. The van der Waals surface area contributed by atoms with Gasteiger partial charge in [-0.05, 0) is 25.2 Å². The van der Waals surface area contributed by atoms with Gasteiger partial charge in [-0.15, -0.1) is 0 Å². The largest absolute Gasteiger partial charge is 0.467 e. The summed E-state index contributed by atoms with van der Waals surface area (Å²) in [5, 5.41) is 0. The van der Waals surface area contributed by atoms with E-state index in [0.29, 0.717) is 0 Å². The van der Waals surface area contributed by atoms with Crippen molar-refractivity contribution in [1.29, 1.82) is 0 Å². The minimum atomic E-state index is -0.325. The molecular weight excluding hydrogens is 240 g/mol. The molecule has 3 nitrogen and oxygen atoms in total. The lowest BCUT2D eigenvalue weighted by Crippen LogP contribution is -2.19. The van der Waals surface area contributed by atoms with Crippen LogP contribution in [-0.4, -0.2) is 24.8 Å². The van der Waals surface area contributed by atoms with Crippen LogP contribution in [0.3, 0.4) is 0 Å². The highest BCUT2D eigenvalue weighted by Gasteiger charge is 2.57. The lowest BCUT2D eigenvalue weighted by atomic mass is 9.92. The molecule has 0 radical (unpaired) electrons. The van der Waals surface area contributed by atoms with E-state index in [4.69, 9.17) is 9.47 Å². The van der Waals surface area contributed by atoms with Gasteiger partial charge in [-0.1, -0.05) is 52.9 Å². The first-order valence-corrected chi connectivity index (χ1v) is 7.64. The maximum absolute atomic E-state index is 11.3. The Balaban J connectivity index is 2.09. The van der Waals surface area contributed by atoms with Crippen LogP contribution in [0.25, 0.3) is 0 Å². The van der Waals surface area contributed by atoms with E-state index in [0.717, 1.165) is 24.7 Å². The zero-order valence-electron chi connectivity index (χ0n) is 13.2. The Bertz CT molecular complexity index is 288. The minimum absolute atomic E-state index is 0.229. The number of carbonyl (C=O) groups is 1. The summed E-state index contributed by atoms with van der Waals surface area (Å²) in [5.41, 5.74) is -0.259. The highest BCUT2D eigenvalue weighted by atomic mass is 16.6. The van der Waals surface area contributed by atoms with Gasteiger partial charge >= 0.3 is 5.97 Å². The Morgan fingerprint density at radius 1 is 1.21 bits per heavy atom. The Hall–Kier alpha value is -0.570. The van der Waals surface area contributed by atoms with Crippen LogP contribution in [0, 0.1) is 11.8 Å². The molecule has 0 aromatic heterocycles. The third-order valence-corrected chi connectivity index (χ3v) is 4.15. The number of epoxide rings is 1. The fourth-order valence-electron chi connectivity index (χ4n) is 2.65. The fraction of sp³-hybridized carbons (Fsp3) is 0.938. The molecule has 19 heavy (non-hydrogen) atoms. The van der Waals surface area contributed by atoms with Crippen molar-refractivity contribution >= 4 is 5.97 Å². The van der Waals surface area contributed by atoms with Crippen molar-refractivity contribution in [2.45, 2.75) is 77.9 Å². The smallest absolute Gasteiger partial charge is 0.338 e. The summed E-state index contributed by atoms with van der Waals surface area (Å²) in [6, 6.07) is 0. The van der Waals surface area contributed by atoms with E-state index in [9.17, 15) is 4.79 Å². The average molecular weight is 270 g/mol. The van der Waals surface area contributed by atoms with Crippen LogP contribution in [-0.2, 0) is 14.3 Å². The average Bonchev–Trinajstić information content (AvgIpc) is 3.00. The quantitative estimate of drug-likeness (QED) is 0.470. The van der Waals surface area contributed by atoms with Crippen LogP contribution in [0.1, 0.15) is 66.2 Å². The molecule has 1 heterocycles. The van der Waals surface area contributed by atoms with E-state index in [1.807, 2.05) is 6.92 Å². The SMILES string of the molecule is COC(=O)C1OC1(C)CCCC(C)CCCC(C)C. The van der Waals surface area contributed by atoms with Crippen LogP contribution in [0.2, 0.25) is 0 Å². The molecule has 3 unspecified atom stereocenters. The normalized spacial score (nSPS) is 27.4. The van der Waals surface area contributed by atoms with Crippen molar-refractivity contribution in [3.8, 4) is 0 Å². The molecule has 0 spiro atoms. The predicted molar refractivity (Wildman–Crippen MR) is 77.0 cm³/mol. The molecule has 0 aliphatic carbocycles. The van der Waals surface area contributed by atoms with Crippen molar-refractivity contribution in [3.63, 3.8) is 0 Å².